The summed E-state index contributed by atoms with van der Waals surface area (Å²) in [6.07, 6.45) is 12.1. The molecule has 4 nitrogen and oxygen atoms in total. The maximum Gasteiger partial charge on any atom is 0.311 e. The van der Waals surface area contributed by atoms with E-state index in [0.29, 0.717) is 18.8 Å². The minimum Gasteiger partial charge on any atom is -0.466 e. The third-order valence-corrected chi connectivity index (χ3v) is 5.04. The summed E-state index contributed by atoms with van der Waals surface area (Å²) in [5, 5.41) is 0. The van der Waals surface area contributed by atoms with Gasteiger partial charge in [-0.15, -0.1) is 0 Å². The number of carbonyl (C=O) groups is 2. The maximum absolute atomic E-state index is 12.0. The van der Waals surface area contributed by atoms with Gasteiger partial charge in [0.2, 0.25) is 0 Å². The Morgan fingerprint density at radius 3 is 2.03 bits per heavy atom. The molecule has 0 heterocycles. The van der Waals surface area contributed by atoms with Gasteiger partial charge >= 0.3 is 11.9 Å². The highest BCUT2D eigenvalue weighted by molar-refractivity contribution is 5.74. The van der Waals surface area contributed by atoms with Crippen LogP contribution in [0.3, 0.4) is 0 Å². The molecule has 0 aromatic heterocycles. The highest BCUT2D eigenvalue weighted by Crippen LogP contribution is 2.26. The fraction of sp³-hybridized carbons (Fsp3) is 0.680. The van der Waals surface area contributed by atoms with Crippen molar-refractivity contribution in [1.82, 2.24) is 0 Å². The van der Waals surface area contributed by atoms with Crippen LogP contribution in [0.15, 0.2) is 24.3 Å². The molecule has 0 aliphatic carbocycles. The van der Waals surface area contributed by atoms with Crippen LogP contribution in [0.4, 0.5) is 0 Å². The van der Waals surface area contributed by atoms with Gasteiger partial charge in [0.25, 0.3) is 0 Å². The van der Waals surface area contributed by atoms with Crippen molar-refractivity contribution in [2.45, 2.75) is 104 Å². The first-order valence-electron chi connectivity index (χ1n) is 11.5. The predicted molar refractivity (Wildman–Crippen MR) is 118 cm³/mol. The minimum atomic E-state index is -0.301. The first-order valence-corrected chi connectivity index (χ1v) is 11.5. The van der Waals surface area contributed by atoms with Crippen LogP contribution < -0.4 is 4.74 Å². The number of benzene rings is 1. The van der Waals surface area contributed by atoms with E-state index in [-0.39, 0.29) is 30.7 Å². The molecule has 1 rings (SSSR count). The molecule has 0 N–H and O–H groups in total. The highest BCUT2D eigenvalue weighted by atomic mass is 16.5. The Hall–Kier alpha value is -1.84. The van der Waals surface area contributed by atoms with Crippen LogP contribution >= 0.6 is 0 Å². The van der Waals surface area contributed by atoms with Gasteiger partial charge in [-0.3, -0.25) is 9.59 Å². The van der Waals surface area contributed by atoms with E-state index in [1.807, 2.05) is 24.3 Å². The Bertz CT molecular complexity index is 580. The number of para-hydroxylation sites is 1. The van der Waals surface area contributed by atoms with E-state index >= 15 is 0 Å². The van der Waals surface area contributed by atoms with Crippen LogP contribution in [0, 0.1) is 0 Å². The molecule has 0 saturated heterocycles. The van der Waals surface area contributed by atoms with Gasteiger partial charge in [0.1, 0.15) is 5.75 Å². The van der Waals surface area contributed by atoms with E-state index in [1.165, 1.54) is 44.9 Å². The third-order valence-electron chi connectivity index (χ3n) is 5.04. The molecule has 0 atom stereocenters. The second-order valence-electron chi connectivity index (χ2n) is 8.07. The van der Waals surface area contributed by atoms with Crippen molar-refractivity contribution in [2.75, 3.05) is 6.61 Å². The Morgan fingerprint density at radius 2 is 1.38 bits per heavy atom. The molecule has 0 amide bonds. The molecule has 1 aromatic rings. The standard InChI is InChI=1S/C25H40O4/c1-4-5-6-7-8-9-10-11-14-20-28-24(26)18-15-19-25(27)29-23-17-13-12-16-22(23)21(2)3/h12-13,16-17,21H,4-11,14-15,18-20H2,1-3H3. The summed E-state index contributed by atoms with van der Waals surface area (Å²) in [4.78, 5) is 23.8. The maximum atomic E-state index is 12.0. The molecule has 0 saturated carbocycles. The van der Waals surface area contributed by atoms with Crippen molar-refractivity contribution in [1.29, 1.82) is 0 Å². The van der Waals surface area contributed by atoms with Gasteiger partial charge in [0.05, 0.1) is 6.61 Å². The van der Waals surface area contributed by atoms with Gasteiger partial charge in [-0.1, -0.05) is 90.3 Å². The molecule has 164 valence electrons. The Balaban J connectivity index is 2.04. The average Bonchev–Trinajstić information content (AvgIpc) is 2.69. The lowest BCUT2D eigenvalue weighted by Gasteiger charge is -2.12. The van der Waals surface area contributed by atoms with Gasteiger partial charge in [0, 0.05) is 12.8 Å². The lowest BCUT2D eigenvalue weighted by Crippen LogP contribution is -2.11. The second-order valence-corrected chi connectivity index (χ2v) is 8.07. The summed E-state index contributed by atoms with van der Waals surface area (Å²) in [5.74, 6) is 0.375. The molecule has 0 unspecified atom stereocenters. The lowest BCUT2D eigenvalue weighted by molar-refractivity contribution is -0.144. The van der Waals surface area contributed by atoms with Gasteiger partial charge in [-0.25, -0.2) is 0 Å². The summed E-state index contributed by atoms with van der Waals surface area (Å²) in [6.45, 7) is 6.85. The van der Waals surface area contributed by atoms with Crippen LogP contribution in [0.25, 0.3) is 0 Å². The molecule has 0 aliphatic rings. The van der Waals surface area contributed by atoms with E-state index in [9.17, 15) is 9.59 Å². The second kappa shape index (κ2) is 16.0. The number of unbranched alkanes of at least 4 members (excludes halogenated alkanes) is 8. The zero-order valence-corrected chi connectivity index (χ0v) is 18.7. The van der Waals surface area contributed by atoms with Gasteiger partial charge in [0.15, 0.2) is 0 Å². The number of ether oxygens (including phenoxy) is 2. The summed E-state index contributed by atoms with van der Waals surface area (Å²) < 4.78 is 10.7. The third kappa shape index (κ3) is 12.4. The molecule has 0 fully saturated rings. The van der Waals surface area contributed by atoms with E-state index in [4.69, 9.17) is 9.47 Å². The van der Waals surface area contributed by atoms with Gasteiger partial charge in [-0.05, 0) is 30.4 Å². The van der Waals surface area contributed by atoms with Crippen molar-refractivity contribution in [2.24, 2.45) is 0 Å². The van der Waals surface area contributed by atoms with Crippen LogP contribution in [0.1, 0.15) is 109 Å². The van der Waals surface area contributed by atoms with Crippen molar-refractivity contribution < 1.29 is 19.1 Å². The zero-order chi connectivity index (χ0) is 21.3. The van der Waals surface area contributed by atoms with Crippen molar-refractivity contribution in [3.05, 3.63) is 29.8 Å². The quantitative estimate of drug-likeness (QED) is 0.170. The number of esters is 2. The number of hydrogen-bond donors (Lipinski definition) is 0. The van der Waals surface area contributed by atoms with E-state index in [2.05, 4.69) is 20.8 Å². The normalized spacial score (nSPS) is 10.9. The van der Waals surface area contributed by atoms with Crippen LogP contribution in [-0.2, 0) is 14.3 Å². The van der Waals surface area contributed by atoms with Crippen molar-refractivity contribution in [3.8, 4) is 5.75 Å². The molecule has 0 spiro atoms. The summed E-state index contributed by atoms with van der Waals surface area (Å²) in [6, 6.07) is 7.58. The van der Waals surface area contributed by atoms with Gasteiger partial charge < -0.3 is 9.47 Å². The fourth-order valence-electron chi connectivity index (χ4n) is 3.27. The average molecular weight is 405 g/mol. The van der Waals surface area contributed by atoms with E-state index in [1.54, 1.807) is 0 Å². The lowest BCUT2D eigenvalue weighted by atomic mass is 10.0. The molecular weight excluding hydrogens is 364 g/mol. The molecule has 0 aliphatic heterocycles. The molecule has 4 heteroatoms. The highest BCUT2D eigenvalue weighted by Gasteiger charge is 2.12. The SMILES string of the molecule is CCCCCCCCCCCOC(=O)CCCC(=O)Oc1ccccc1C(C)C. The van der Waals surface area contributed by atoms with Gasteiger partial charge in [-0.2, -0.15) is 0 Å². The van der Waals surface area contributed by atoms with Crippen LogP contribution in [-0.4, -0.2) is 18.5 Å². The minimum absolute atomic E-state index is 0.222. The van der Waals surface area contributed by atoms with Crippen LogP contribution in [0.2, 0.25) is 0 Å². The summed E-state index contributed by atoms with van der Waals surface area (Å²) >= 11 is 0. The molecular formula is C25H40O4. The summed E-state index contributed by atoms with van der Waals surface area (Å²) in [7, 11) is 0. The van der Waals surface area contributed by atoms with E-state index in [0.717, 1.165) is 18.4 Å². The predicted octanol–water partition coefficient (Wildman–Crippen LogP) is 6.96. The fourth-order valence-corrected chi connectivity index (χ4v) is 3.27. The first kappa shape index (κ1) is 25.2. The van der Waals surface area contributed by atoms with E-state index < -0.39 is 0 Å². The van der Waals surface area contributed by atoms with Crippen molar-refractivity contribution in [3.63, 3.8) is 0 Å². The first-order chi connectivity index (χ1) is 14.0. The number of carbonyl (C=O) groups excluding carboxylic acids is 2. The van der Waals surface area contributed by atoms with Crippen LogP contribution in [0.5, 0.6) is 5.75 Å². The molecule has 29 heavy (non-hydrogen) atoms. The number of rotatable bonds is 16. The van der Waals surface area contributed by atoms with Crippen molar-refractivity contribution >= 4 is 11.9 Å². The Kier molecular flexibility index (Phi) is 13.9. The monoisotopic (exact) mass is 404 g/mol. The molecule has 0 radical (unpaired) electrons. The smallest absolute Gasteiger partial charge is 0.311 e. The molecule has 0 bridgehead atoms. The topological polar surface area (TPSA) is 52.6 Å². The summed E-state index contributed by atoms with van der Waals surface area (Å²) in [5.41, 5.74) is 1.02. The zero-order valence-electron chi connectivity index (χ0n) is 18.7. The number of hydrogen-bond acceptors (Lipinski definition) is 4. The molecule has 1 aromatic carbocycles. The Labute approximate surface area is 177 Å². The Morgan fingerprint density at radius 1 is 0.793 bits per heavy atom. The largest absolute Gasteiger partial charge is 0.466 e.